The molecule has 0 bridgehead atoms. The van der Waals surface area contributed by atoms with E-state index in [4.69, 9.17) is 0 Å². The molecule has 3 nitrogen and oxygen atoms in total. The van der Waals surface area contributed by atoms with E-state index in [-0.39, 0.29) is 5.56 Å². The van der Waals surface area contributed by atoms with E-state index in [2.05, 4.69) is 22.1 Å². The lowest BCUT2D eigenvalue weighted by Crippen LogP contribution is -2.10. The average molecular weight is 240 g/mol. The molecule has 1 aliphatic rings. The summed E-state index contributed by atoms with van der Waals surface area (Å²) in [5.41, 5.74) is 3.17. The van der Waals surface area contributed by atoms with E-state index in [9.17, 15) is 4.79 Å². The van der Waals surface area contributed by atoms with Crippen LogP contribution < -0.4 is 5.56 Å². The van der Waals surface area contributed by atoms with Gasteiger partial charge in [-0.15, -0.1) is 0 Å². The first-order chi connectivity index (χ1) is 8.86. The fourth-order valence-electron chi connectivity index (χ4n) is 2.61. The molecular weight excluding hydrogens is 224 g/mol. The summed E-state index contributed by atoms with van der Waals surface area (Å²) < 4.78 is 0. The zero-order chi connectivity index (χ0) is 12.4. The molecule has 3 rings (SSSR count). The fourth-order valence-corrected chi connectivity index (χ4v) is 2.61. The number of nitrogens with zero attached hydrogens (tertiary/aromatic N) is 1. The Balaban J connectivity index is 2.25. The van der Waals surface area contributed by atoms with E-state index in [0.29, 0.717) is 0 Å². The van der Waals surface area contributed by atoms with E-state index < -0.39 is 0 Å². The molecule has 92 valence electrons. The SMILES string of the molecule is O=c1[nH]ccc2ncc3c(c12)CCCC/C=C\C3. The molecule has 18 heavy (non-hydrogen) atoms. The number of allylic oxidation sites excluding steroid dienone is 2. The van der Waals surface area contributed by atoms with Crippen molar-refractivity contribution in [2.45, 2.75) is 32.1 Å². The number of H-pyrrole nitrogens is 1. The van der Waals surface area contributed by atoms with Gasteiger partial charge in [-0.2, -0.15) is 0 Å². The molecular formula is C15H16N2O. The molecule has 2 heterocycles. The van der Waals surface area contributed by atoms with Crippen molar-refractivity contribution < 1.29 is 0 Å². The van der Waals surface area contributed by atoms with Crippen LogP contribution in [0.2, 0.25) is 0 Å². The number of hydrogen-bond acceptors (Lipinski definition) is 2. The topological polar surface area (TPSA) is 45.8 Å². The molecule has 0 aliphatic heterocycles. The van der Waals surface area contributed by atoms with Crippen molar-refractivity contribution in [2.24, 2.45) is 0 Å². The molecule has 0 aromatic carbocycles. The van der Waals surface area contributed by atoms with E-state index in [0.717, 1.165) is 36.6 Å². The third-order valence-electron chi connectivity index (χ3n) is 3.54. The van der Waals surface area contributed by atoms with Crippen molar-refractivity contribution in [3.05, 3.63) is 52.1 Å². The molecule has 1 N–H and O–H groups in total. The van der Waals surface area contributed by atoms with Crippen LogP contribution in [-0.2, 0) is 12.8 Å². The summed E-state index contributed by atoms with van der Waals surface area (Å²) in [6.45, 7) is 0. The largest absolute Gasteiger partial charge is 0.328 e. The minimum Gasteiger partial charge on any atom is -0.328 e. The molecule has 0 fully saturated rings. The number of pyridine rings is 2. The number of fused-ring (bicyclic) bond motifs is 3. The van der Waals surface area contributed by atoms with Gasteiger partial charge >= 0.3 is 0 Å². The first kappa shape index (κ1) is 11.2. The standard InChI is InChI=1S/C15H16N2O/c18-15-14-12-7-5-3-1-2-4-6-11(12)10-17-13(14)8-9-16-15/h2,4,8-10H,1,3,5-7H2,(H,16,18)/b4-2-. The number of aryl methyl sites for hydroxylation is 1. The molecule has 0 spiro atoms. The fraction of sp³-hybridized carbons (Fsp3) is 0.333. The van der Waals surface area contributed by atoms with Gasteiger partial charge in [0.1, 0.15) is 0 Å². The normalized spacial score (nSPS) is 17.6. The van der Waals surface area contributed by atoms with Crippen LogP contribution in [0.1, 0.15) is 30.4 Å². The van der Waals surface area contributed by atoms with Crippen molar-refractivity contribution in [1.82, 2.24) is 9.97 Å². The molecule has 2 aromatic rings. The zero-order valence-corrected chi connectivity index (χ0v) is 10.3. The number of nitrogens with one attached hydrogen (secondary N) is 1. The average Bonchev–Trinajstić information content (AvgIpc) is 2.50. The predicted octanol–water partition coefficient (Wildman–Crippen LogP) is 2.75. The highest BCUT2D eigenvalue weighted by molar-refractivity contribution is 5.81. The Labute approximate surface area is 106 Å². The summed E-state index contributed by atoms with van der Waals surface area (Å²) in [6, 6.07) is 1.87. The van der Waals surface area contributed by atoms with Gasteiger partial charge in [0.15, 0.2) is 0 Å². The van der Waals surface area contributed by atoms with Crippen LogP contribution in [0.5, 0.6) is 0 Å². The van der Waals surface area contributed by atoms with Gasteiger partial charge in [0.2, 0.25) is 0 Å². The molecule has 0 unspecified atom stereocenters. The lowest BCUT2D eigenvalue weighted by molar-refractivity contribution is 0.750. The van der Waals surface area contributed by atoms with E-state index in [1.165, 1.54) is 17.5 Å². The van der Waals surface area contributed by atoms with Crippen LogP contribution in [-0.4, -0.2) is 9.97 Å². The summed E-state index contributed by atoms with van der Waals surface area (Å²) in [5, 5.41) is 0.783. The second kappa shape index (κ2) is 4.77. The van der Waals surface area contributed by atoms with Crippen LogP contribution in [0, 0.1) is 0 Å². The van der Waals surface area contributed by atoms with Crippen LogP contribution in [0.3, 0.4) is 0 Å². The van der Waals surface area contributed by atoms with Gasteiger partial charge in [-0.25, -0.2) is 0 Å². The minimum absolute atomic E-state index is 0.0138. The number of rotatable bonds is 0. The maximum atomic E-state index is 12.0. The molecule has 0 saturated heterocycles. The lowest BCUT2D eigenvalue weighted by Gasteiger charge is -2.09. The molecule has 0 radical (unpaired) electrons. The van der Waals surface area contributed by atoms with Gasteiger partial charge in [-0.05, 0) is 49.3 Å². The van der Waals surface area contributed by atoms with Gasteiger partial charge in [0, 0.05) is 12.4 Å². The Hall–Kier alpha value is -1.90. The van der Waals surface area contributed by atoms with Crippen molar-refractivity contribution in [1.29, 1.82) is 0 Å². The van der Waals surface area contributed by atoms with Crippen LogP contribution in [0.4, 0.5) is 0 Å². The predicted molar refractivity (Wildman–Crippen MR) is 72.8 cm³/mol. The molecule has 0 atom stereocenters. The molecule has 0 amide bonds. The molecule has 1 aliphatic carbocycles. The van der Waals surface area contributed by atoms with E-state index >= 15 is 0 Å². The van der Waals surface area contributed by atoms with Crippen LogP contribution in [0.15, 0.2) is 35.4 Å². The second-order valence-electron chi connectivity index (χ2n) is 4.75. The van der Waals surface area contributed by atoms with Crippen molar-refractivity contribution in [3.8, 4) is 0 Å². The Morgan fingerprint density at radius 1 is 1.22 bits per heavy atom. The maximum Gasteiger partial charge on any atom is 0.257 e. The quantitative estimate of drug-likeness (QED) is 0.720. The molecule has 0 saturated carbocycles. The van der Waals surface area contributed by atoms with Crippen LogP contribution >= 0.6 is 0 Å². The Kier molecular flexibility index (Phi) is 2.97. The summed E-state index contributed by atoms with van der Waals surface area (Å²) >= 11 is 0. The summed E-state index contributed by atoms with van der Waals surface area (Å²) in [5.74, 6) is 0. The van der Waals surface area contributed by atoms with Gasteiger partial charge in [-0.1, -0.05) is 12.2 Å². The lowest BCUT2D eigenvalue weighted by atomic mass is 9.98. The highest BCUT2D eigenvalue weighted by Gasteiger charge is 2.11. The van der Waals surface area contributed by atoms with Gasteiger partial charge < -0.3 is 4.98 Å². The summed E-state index contributed by atoms with van der Waals surface area (Å²) in [6.07, 6.45) is 13.3. The van der Waals surface area contributed by atoms with Crippen molar-refractivity contribution in [3.63, 3.8) is 0 Å². The summed E-state index contributed by atoms with van der Waals surface area (Å²) in [7, 11) is 0. The summed E-state index contributed by atoms with van der Waals surface area (Å²) in [4.78, 5) is 19.2. The van der Waals surface area contributed by atoms with Gasteiger partial charge in [0.05, 0.1) is 10.9 Å². The third-order valence-corrected chi connectivity index (χ3v) is 3.54. The third kappa shape index (κ3) is 1.96. The smallest absolute Gasteiger partial charge is 0.257 e. The maximum absolute atomic E-state index is 12.0. The Morgan fingerprint density at radius 3 is 3.11 bits per heavy atom. The zero-order valence-electron chi connectivity index (χ0n) is 10.3. The van der Waals surface area contributed by atoms with Crippen LogP contribution in [0.25, 0.3) is 10.9 Å². The van der Waals surface area contributed by atoms with Gasteiger partial charge in [-0.3, -0.25) is 9.78 Å². The van der Waals surface area contributed by atoms with E-state index in [1.54, 1.807) is 6.20 Å². The highest BCUT2D eigenvalue weighted by atomic mass is 16.1. The monoisotopic (exact) mass is 240 g/mol. The highest BCUT2D eigenvalue weighted by Crippen LogP contribution is 2.21. The van der Waals surface area contributed by atoms with Crippen molar-refractivity contribution in [2.75, 3.05) is 0 Å². The number of hydrogen-bond donors (Lipinski definition) is 1. The Morgan fingerprint density at radius 2 is 2.17 bits per heavy atom. The van der Waals surface area contributed by atoms with Gasteiger partial charge in [0.25, 0.3) is 5.56 Å². The Bertz CT molecular complexity index is 655. The van der Waals surface area contributed by atoms with E-state index in [1.807, 2.05) is 12.3 Å². The van der Waals surface area contributed by atoms with Crippen molar-refractivity contribution >= 4 is 10.9 Å². The number of aromatic nitrogens is 2. The first-order valence-electron chi connectivity index (χ1n) is 6.49. The first-order valence-corrected chi connectivity index (χ1v) is 6.49. The number of aromatic amines is 1. The minimum atomic E-state index is -0.0138. The second-order valence-corrected chi connectivity index (χ2v) is 4.75. The molecule has 3 heteroatoms. The molecule has 2 aromatic heterocycles.